The van der Waals surface area contributed by atoms with Crippen molar-refractivity contribution < 1.29 is 9.59 Å². The third-order valence-electron chi connectivity index (χ3n) is 4.67. The fourth-order valence-corrected chi connectivity index (χ4v) is 4.32. The monoisotopic (exact) mass is 306 g/mol. The van der Waals surface area contributed by atoms with Crippen LogP contribution in [0, 0.1) is 0 Å². The van der Waals surface area contributed by atoms with Crippen LogP contribution in [0.15, 0.2) is 11.4 Å². The van der Waals surface area contributed by atoms with Crippen LogP contribution >= 0.6 is 11.3 Å². The normalized spacial score (nSPS) is 27.0. The maximum Gasteiger partial charge on any atom is 0.247 e. The van der Waals surface area contributed by atoms with Crippen LogP contribution in [-0.4, -0.2) is 28.8 Å². The third-order valence-corrected chi connectivity index (χ3v) is 5.67. The molecule has 5 heteroatoms. The summed E-state index contributed by atoms with van der Waals surface area (Å²) >= 11 is 1.80. The molecule has 21 heavy (non-hydrogen) atoms. The van der Waals surface area contributed by atoms with Gasteiger partial charge in [-0.2, -0.15) is 0 Å². The molecule has 1 N–H and O–H groups in total. The third kappa shape index (κ3) is 2.64. The van der Waals surface area contributed by atoms with E-state index < -0.39 is 0 Å². The van der Waals surface area contributed by atoms with Crippen molar-refractivity contribution in [2.24, 2.45) is 0 Å². The SMILES string of the molecule is CCC(C)N1C(=O)CC(NC2CCCc3sccc32)C1=O. The molecule has 2 aliphatic rings. The van der Waals surface area contributed by atoms with Crippen LogP contribution in [-0.2, 0) is 16.0 Å². The van der Waals surface area contributed by atoms with E-state index >= 15 is 0 Å². The van der Waals surface area contributed by atoms with Crippen LogP contribution in [0.1, 0.15) is 56.0 Å². The highest BCUT2D eigenvalue weighted by atomic mass is 32.1. The number of imide groups is 1. The first-order valence-electron chi connectivity index (χ1n) is 7.80. The molecule has 4 nitrogen and oxygen atoms in total. The average molecular weight is 306 g/mol. The van der Waals surface area contributed by atoms with Gasteiger partial charge in [-0.15, -0.1) is 11.3 Å². The van der Waals surface area contributed by atoms with Crippen molar-refractivity contribution in [3.05, 3.63) is 21.9 Å². The summed E-state index contributed by atoms with van der Waals surface area (Å²) in [6.45, 7) is 3.94. The first kappa shape index (κ1) is 14.7. The summed E-state index contributed by atoms with van der Waals surface area (Å²) in [5.74, 6) is -0.0788. The molecule has 0 aromatic carbocycles. The van der Waals surface area contributed by atoms with Crippen molar-refractivity contribution in [2.45, 2.75) is 64.1 Å². The molecule has 1 fully saturated rings. The zero-order chi connectivity index (χ0) is 15.0. The fraction of sp³-hybridized carbons (Fsp3) is 0.625. The quantitative estimate of drug-likeness (QED) is 0.870. The van der Waals surface area contributed by atoms with Gasteiger partial charge in [-0.25, -0.2) is 0 Å². The Balaban J connectivity index is 1.73. The lowest BCUT2D eigenvalue weighted by atomic mass is 9.93. The molecule has 3 rings (SSSR count). The fourth-order valence-electron chi connectivity index (χ4n) is 3.33. The number of rotatable bonds is 4. The van der Waals surface area contributed by atoms with Gasteiger partial charge in [0.25, 0.3) is 0 Å². The van der Waals surface area contributed by atoms with Gasteiger partial charge in [-0.3, -0.25) is 19.8 Å². The van der Waals surface area contributed by atoms with Gasteiger partial charge in [-0.1, -0.05) is 6.92 Å². The van der Waals surface area contributed by atoms with Crippen LogP contribution < -0.4 is 5.32 Å². The summed E-state index contributed by atoms with van der Waals surface area (Å²) in [6.07, 6.45) is 4.45. The van der Waals surface area contributed by atoms with E-state index in [1.807, 2.05) is 13.8 Å². The van der Waals surface area contributed by atoms with Crippen LogP contribution in [0.2, 0.25) is 0 Å². The van der Waals surface area contributed by atoms with Crippen molar-refractivity contribution in [3.63, 3.8) is 0 Å². The van der Waals surface area contributed by atoms with E-state index in [9.17, 15) is 9.59 Å². The van der Waals surface area contributed by atoms with Crippen LogP contribution in [0.5, 0.6) is 0 Å². The first-order chi connectivity index (χ1) is 10.1. The second-order valence-corrected chi connectivity index (χ2v) is 7.03. The number of carbonyl (C=O) groups is 2. The topological polar surface area (TPSA) is 49.4 Å². The number of nitrogens with zero attached hydrogens (tertiary/aromatic N) is 1. The molecular formula is C16H22N2O2S. The Kier molecular flexibility index (Phi) is 4.13. The van der Waals surface area contributed by atoms with E-state index in [0.29, 0.717) is 6.42 Å². The van der Waals surface area contributed by atoms with Gasteiger partial charge < -0.3 is 0 Å². The van der Waals surface area contributed by atoms with Gasteiger partial charge in [0.05, 0.1) is 12.5 Å². The zero-order valence-corrected chi connectivity index (χ0v) is 13.4. The summed E-state index contributed by atoms with van der Waals surface area (Å²) in [5.41, 5.74) is 1.33. The molecule has 2 amide bonds. The number of amides is 2. The van der Waals surface area contributed by atoms with Crippen LogP contribution in [0.3, 0.4) is 0 Å². The second kappa shape index (κ2) is 5.89. The predicted octanol–water partition coefficient (Wildman–Crippen LogP) is 2.64. The Morgan fingerprint density at radius 3 is 3.00 bits per heavy atom. The Hall–Kier alpha value is -1.20. The molecule has 1 aliphatic heterocycles. The van der Waals surface area contributed by atoms with E-state index in [4.69, 9.17) is 0 Å². The van der Waals surface area contributed by atoms with E-state index in [0.717, 1.165) is 25.7 Å². The number of fused-ring (bicyclic) bond motifs is 1. The Morgan fingerprint density at radius 1 is 1.43 bits per heavy atom. The largest absolute Gasteiger partial charge is 0.298 e. The minimum Gasteiger partial charge on any atom is -0.298 e. The number of hydrogen-bond acceptors (Lipinski definition) is 4. The van der Waals surface area contributed by atoms with Gasteiger partial charge in [-0.05, 0) is 49.6 Å². The number of carbonyl (C=O) groups excluding carboxylic acids is 2. The molecule has 0 bridgehead atoms. The molecule has 114 valence electrons. The predicted molar refractivity (Wildman–Crippen MR) is 83.1 cm³/mol. The molecule has 3 unspecified atom stereocenters. The van der Waals surface area contributed by atoms with Crippen LogP contribution in [0.4, 0.5) is 0 Å². The maximum atomic E-state index is 12.5. The van der Waals surface area contributed by atoms with Crippen molar-refractivity contribution in [1.29, 1.82) is 0 Å². The standard InChI is InChI=1S/C16H22N2O2S/c1-3-10(2)18-15(19)9-13(16(18)20)17-12-5-4-6-14-11(12)7-8-21-14/h7-8,10,12-13,17H,3-6,9H2,1-2H3. The average Bonchev–Trinajstić information content (AvgIpc) is 3.05. The summed E-state index contributed by atoms with van der Waals surface area (Å²) in [5, 5.41) is 5.57. The second-order valence-electron chi connectivity index (χ2n) is 6.03. The summed E-state index contributed by atoms with van der Waals surface area (Å²) < 4.78 is 0. The molecular weight excluding hydrogens is 284 g/mol. The highest BCUT2D eigenvalue weighted by Crippen LogP contribution is 2.34. The van der Waals surface area contributed by atoms with Gasteiger partial charge >= 0.3 is 0 Å². The Bertz CT molecular complexity index is 554. The minimum atomic E-state index is -0.345. The molecule has 2 heterocycles. The number of aryl methyl sites for hydroxylation is 1. The highest BCUT2D eigenvalue weighted by molar-refractivity contribution is 7.10. The molecule has 0 spiro atoms. The molecule has 0 saturated carbocycles. The lowest BCUT2D eigenvalue weighted by molar-refractivity contribution is -0.141. The number of hydrogen-bond donors (Lipinski definition) is 1. The molecule has 3 atom stereocenters. The van der Waals surface area contributed by atoms with E-state index in [1.165, 1.54) is 15.3 Å². The number of likely N-dealkylation sites (tertiary alicyclic amines) is 1. The van der Waals surface area contributed by atoms with E-state index in [-0.39, 0.29) is 29.9 Å². The van der Waals surface area contributed by atoms with Gasteiger partial charge in [0.1, 0.15) is 0 Å². The Labute approximate surface area is 129 Å². The lowest BCUT2D eigenvalue weighted by Crippen LogP contribution is -2.44. The first-order valence-corrected chi connectivity index (χ1v) is 8.68. The van der Waals surface area contributed by atoms with Gasteiger partial charge in [0, 0.05) is 17.0 Å². The summed E-state index contributed by atoms with van der Waals surface area (Å²) in [4.78, 5) is 27.5. The summed E-state index contributed by atoms with van der Waals surface area (Å²) in [7, 11) is 0. The van der Waals surface area contributed by atoms with Crippen molar-refractivity contribution in [3.8, 4) is 0 Å². The van der Waals surface area contributed by atoms with Gasteiger partial charge in [0.2, 0.25) is 11.8 Å². The van der Waals surface area contributed by atoms with Crippen LogP contribution in [0.25, 0.3) is 0 Å². The molecule has 1 aliphatic carbocycles. The molecule has 0 radical (unpaired) electrons. The molecule has 1 saturated heterocycles. The number of thiophene rings is 1. The van der Waals surface area contributed by atoms with E-state index in [2.05, 4.69) is 16.8 Å². The maximum absolute atomic E-state index is 12.5. The molecule has 1 aromatic rings. The Morgan fingerprint density at radius 2 is 2.24 bits per heavy atom. The van der Waals surface area contributed by atoms with Crippen molar-refractivity contribution in [2.75, 3.05) is 0 Å². The van der Waals surface area contributed by atoms with Crippen molar-refractivity contribution in [1.82, 2.24) is 10.2 Å². The lowest BCUT2D eigenvalue weighted by Gasteiger charge is -2.27. The number of nitrogens with one attached hydrogen (secondary N) is 1. The summed E-state index contributed by atoms with van der Waals surface area (Å²) in [6, 6.07) is 2.03. The minimum absolute atomic E-state index is 0.000126. The van der Waals surface area contributed by atoms with E-state index in [1.54, 1.807) is 11.3 Å². The van der Waals surface area contributed by atoms with Crippen molar-refractivity contribution >= 4 is 23.2 Å². The zero-order valence-electron chi connectivity index (χ0n) is 12.6. The smallest absolute Gasteiger partial charge is 0.247 e. The van der Waals surface area contributed by atoms with Gasteiger partial charge in [0.15, 0.2) is 0 Å². The highest BCUT2D eigenvalue weighted by Gasteiger charge is 2.41. The molecule has 1 aromatic heterocycles.